The average Bonchev–Trinajstić information content (AvgIpc) is 3.01. The molecule has 2 aromatic heterocycles. The van der Waals surface area contributed by atoms with Gasteiger partial charge in [-0.1, -0.05) is 0 Å². The summed E-state index contributed by atoms with van der Waals surface area (Å²) < 4.78 is 4.40. The number of ether oxygens (including phenoxy) is 1. The molecule has 2 aromatic rings. The molecule has 0 unspecified atom stereocenters. The molecule has 0 aliphatic carbocycles. The number of nitrogens with one attached hydrogen (secondary N) is 3. The van der Waals surface area contributed by atoms with E-state index in [0.29, 0.717) is 5.82 Å². The zero-order valence-electron chi connectivity index (χ0n) is 9.95. The van der Waals surface area contributed by atoms with Gasteiger partial charge in [0.2, 0.25) is 5.91 Å². The molecule has 0 spiro atoms. The first-order valence-electron chi connectivity index (χ1n) is 5.21. The fraction of sp³-hybridized carbons (Fsp3) is 0.222. The van der Waals surface area contributed by atoms with E-state index in [0.717, 1.165) is 4.80 Å². The molecule has 2 rings (SSSR count). The summed E-state index contributed by atoms with van der Waals surface area (Å²) in [6.07, 6.45) is 2.16. The lowest BCUT2D eigenvalue weighted by Crippen LogP contribution is -2.20. The lowest BCUT2D eigenvalue weighted by Gasteiger charge is -2.01. The molecule has 19 heavy (non-hydrogen) atoms. The fourth-order valence-corrected chi connectivity index (χ4v) is 1.23. The van der Waals surface area contributed by atoms with Crippen LogP contribution in [0.1, 0.15) is 0 Å². The molecule has 10 nitrogen and oxygen atoms in total. The van der Waals surface area contributed by atoms with Crippen molar-refractivity contribution in [3.63, 3.8) is 0 Å². The van der Waals surface area contributed by atoms with Crippen LogP contribution in [-0.4, -0.2) is 44.3 Å². The number of rotatable bonds is 4. The predicted molar refractivity (Wildman–Crippen MR) is 63.3 cm³/mol. The number of aromatic nitrogens is 5. The summed E-state index contributed by atoms with van der Waals surface area (Å²) >= 11 is 0. The molecule has 0 saturated carbocycles. The lowest BCUT2D eigenvalue weighted by molar-refractivity contribution is -0.117. The van der Waals surface area contributed by atoms with Gasteiger partial charge in [0.05, 0.1) is 19.5 Å². The highest BCUT2D eigenvalue weighted by Crippen LogP contribution is 2.01. The van der Waals surface area contributed by atoms with Crippen molar-refractivity contribution in [2.24, 2.45) is 0 Å². The predicted octanol–water partition coefficient (Wildman–Crippen LogP) is -0.182. The molecule has 0 aromatic carbocycles. The van der Waals surface area contributed by atoms with Gasteiger partial charge in [-0.15, -0.1) is 5.10 Å². The van der Waals surface area contributed by atoms with Gasteiger partial charge in [0.1, 0.15) is 12.4 Å². The molecule has 10 heteroatoms. The summed E-state index contributed by atoms with van der Waals surface area (Å²) in [6, 6.07) is 1.61. The third-order valence-electron chi connectivity index (χ3n) is 2.01. The van der Waals surface area contributed by atoms with Crippen molar-refractivity contribution >= 4 is 23.6 Å². The number of anilines is 2. The van der Waals surface area contributed by atoms with Crippen molar-refractivity contribution in [2.75, 3.05) is 17.7 Å². The topological polar surface area (TPSA) is 127 Å². The van der Waals surface area contributed by atoms with Crippen LogP contribution in [0.15, 0.2) is 18.5 Å². The number of H-pyrrole nitrogens is 1. The molecule has 2 amide bonds. The first-order chi connectivity index (χ1) is 9.17. The Labute approximate surface area is 107 Å². The van der Waals surface area contributed by atoms with Crippen LogP contribution in [-0.2, 0) is 16.1 Å². The summed E-state index contributed by atoms with van der Waals surface area (Å²) in [4.78, 5) is 23.7. The van der Waals surface area contributed by atoms with Crippen molar-refractivity contribution in [3.8, 4) is 0 Å². The van der Waals surface area contributed by atoms with Crippen molar-refractivity contribution in [1.29, 1.82) is 0 Å². The third kappa shape index (κ3) is 3.52. The van der Waals surface area contributed by atoms with Gasteiger partial charge in [-0.3, -0.25) is 15.2 Å². The van der Waals surface area contributed by atoms with Gasteiger partial charge in [0, 0.05) is 6.07 Å². The number of carbonyl (C=O) groups is 2. The van der Waals surface area contributed by atoms with Crippen LogP contribution in [0.5, 0.6) is 0 Å². The second-order valence-corrected chi connectivity index (χ2v) is 3.40. The van der Waals surface area contributed by atoms with Gasteiger partial charge in [-0.05, 0) is 0 Å². The van der Waals surface area contributed by atoms with Crippen LogP contribution in [0.25, 0.3) is 0 Å². The van der Waals surface area contributed by atoms with E-state index in [1.54, 1.807) is 6.07 Å². The van der Waals surface area contributed by atoms with Gasteiger partial charge < -0.3 is 10.1 Å². The SMILES string of the molecule is COC(=O)Nc1cnn(CC(=O)Nc2ccn[nH]2)n1. The molecular formula is C9H11N7O3. The van der Waals surface area contributed by atoms with Gasteiger partial charge in [0.25, 0.3) is 0 Å². The van der Waals surface area contributed by atoms with Crippen LogP contribution in [0.3, 0.4) is 0 Å². The molecular weight excluding hydrogens is 254 g/mol. The van der Waals surface area contributed by atoms with Crippen LogP contribution in [0.4, 0.5) is 16.4 Å². The molecule has 0 atom stereocenters. The maximum atomic E-state index is 11.6. The number of nitrogens with zero attached hydrogens (tertiary/aromatic N) is 4. The van der Waals surface area contributed by atoms with E-state index in [2.05, 4.69) is 35.8 Å². The van der Waals surface area contributed by atoms with Crippen LogP contribution in [0, 0.1) is 0 Å². The van der Waals surface area contributed by atoms with E-state index >= 15 is 0 Å². The van der Waals surface area contributed by atoms with Crippen molar-refractivity contribution in [2.45, 2.75) is 6.54 Å². The molecule has 0 bridgehead atoms. The molecule has 2 heterocycles. The van der Waals surface area contributed by atoms with Crippen molar-refractivity contribution in [3.05, 3.63) is 18.5 Å². The van der Waals surface area contributed by atoms with E-state index in [1.807, 2.05) is 0 Å². The second-order valence-electron chi connectivity index (χ2n) is 3.40. The number of hydrogen-bond donors (Lipinski definition) is 3. The molecule has 0 saturated heterocycles. The van der Waals surface area contributed by atoms with Crippen LogP contribution >= 0.6 is 0 Å². The Morgan fingerprint density at radius 1 is 1.47 bits per heavy atom. The Bertz CT molecular complexity index is 562. The van der Waals surface area contributed by atoms with Crippen molar-refractivity contribution in [1.82, 2.24) is 25.2 Å². The standard InChI is InChI=1S/C9H11N7O3/c1-19-9(18)13-7-4-11-16(15-7)5-8(17)12-6-2-3-10-14-6/h2-4H,5H2,1H3,(H,13,15,18)(H2,10,12,14,17). The minimum atomic E-state index is -0.658. The second kappa shape index (κ2) is 5.62. The summed E-state index contributed by atoms with van der Waals surface area (Å²) in [7, 11) is 1.23. The van der Waals surface area contributed by atoms with Gasteiger partial charge in [-0.25, -0.2) is 4.79 Å². The highest BCUT2D eigenvalue weighted by atomic mass is 16.5. The Morgan fingerprint density at radius 3 is 3.00 bits per heavy atom. The first kappa shape index (κ1) is 12.5. The summed E-state index contributed by atoms with van der Waals surface area (Å²) in [5, 5.41) is 18.9. The number of hydrogen-bond acceptors (Lipinski definition) is 6. The van der Waals surface area contributed by atoms with E-state index in [1.165, 1.54) is 19.5 Å². The number of methoxy groups -OCH3 is 1. The first-order valence-corrected chi connectivity index (χ1v) is 5.21. The smallest absolute Gasteiger partial charge is 0.412 e. The summed E-state index contributed by atoms with van der Waals surface area (Å²) in [5.74, 6) is 0.343. The molecule has 0 aliphatic rings. The van der Waals surface area contributed by atoms with E-state index in [4.69, 9.17) is 0 Å². The minimum Gasteiger partial charge on any atom is -0.453 e. The van der Waals surface area contributed by atoms with Crippen LogP contribution < -0.4 is 10.6 Å². The van der Waals surface area contributed by atoms with E-state index < -0.39 is 6.09 Å². The zero-order chi connectivity index (χ0) is 13.7. The van der Waals surface area contributed by atoms with E-state index in [-0.39, 0.29) is 18.3 Å². The van der Waals surface area contributed by atoms with Crippen molar-refractivity contribution < 1.29 is 14.3 Å². The molecule has 0 aliphatic heterocycles. The quantitative estimate of drug-likeness (QED) is 0.703. The molecule has 0 fully saturated rings. The Kier molecular flexibility index (Phi) is 3.71. The Hall–Kier alpha value is -2.91. The van der Waals surface area contributed by atoms with E-state index in [9.17, 15) is 9.59 Å². The Morgan fingerprint density at radius 2 is 2.32 bits per heavy atom. The zero-order valence-corrected chi connectivity index (χ0v) is 9.95. The van der Waals surface area contributed by atoms with Crippen LogP contribution in [0.2, 0.25) is 0 Å². The lowest BCUT2D eigenvalue weighted by atomic mass is 10.5. The number of aromatic amines is 1. The van der Waals surface area contributed by atoms with Gasteiger partial charge in [0.15, 0.2) is 5.82 Å². The Balaban J connectivity index is 1.89. The molecule has 100 valence electrons. The molecule has 3 N–H and O–H groups in total. The highest BCUT2D eigenvalue weighted by Gasteiger charge is 2.09. The van der Waals surface area contributed by atoms with Gasteiger partial charge >= 0.3 is 6.09 Å². The fourth-order valence-electron chi connectivity index (χ4n) is 1.23. The maximum absolute atomic E-state index is 11.6. The highest BCUT2D eigenvalue weighted by molar-refractivity contribution is 5.89. The average molecular weight is 265 g/mol. The third-order valence-corrected chi connectivity index (χ3v) is 2.01. The number of carbonyl (C=O) groups excluding carboxylic acids is 2. The van der Waals surface area contributed by atoms with Gasteiger partial charge in [-0.2, -0.15) is 15.0 Å². The monoisotopic (exact) mass is 265 g/mol. The molecule has 0 radical (unpaired) electrons. The summed E-state index contributed by atoms with van der Waals surface area (Å²) in [5.41, 5.74) is 0. The maximum Gasteiger partial charge on any atom is 0.412 e. The minimum absolute atomic E-state index is 0.0954. The summed E-state index contributed by atoms with van der Waals surface area (Å²) in [6.45, 7) is -0.0954. The normalized spacial score (nSPS) is 9.95. The number of amides is 2. The largest absolute Gasteiger partial charge is 0.453 e.